The van der Waals surface area contributed by atoms with Gasteiger partial charge in [0.15, 0.2) is 15.0 Å². The first-order valence-electron chi connectivity index (χ1n) is 8.85. The number of nitrogens with zero attached hydrogens (tertiary/aromatic N) is 2. The van der Waals surface area contributed by atoms with Crippen molar-refractivity contribution in [3.8, 4) is 0 Å². The molecule has 0 bridgehead atoms. The molecule has 2 atom stereocenters. The molecular formula is C18H22N2O5S2. The maximum absolute atomic E-state index is 12.1. The fourth-order valence-corrected chi connectivity index (χ4v) is 7.34. The number of amidine groups is 1. The Morgan fingerprint density at radius 2 is 1.93 bits per heavy atom. The minimum absolute atomic E-state index is 0.0645. The SMILES string of the molecule is O=C(O)CCCC(=O)N=C1SC2CS(=O)(=O)CC2N1CCc1ccccc1. The lowest BCUT2D eigenvalue weighted by molar-refractivity contribution is -0.137. The van der Waals surface area contributed by atoms with Crippen LogP contribution >= 0.6 is 11.8 Å². The van der Waals surface area contributed by atoms with Crippen LogP contribution < -0.4 is 0 Å². The van der Waals surface area contributed by atoms with Crippen LogP contribution in [0.15, 0.2) is 35.3 Å². The van der Waals surface area contributed by atoms with Crippen LogP contribution in [0.25, 0.3) is 0 Å². The molecule has 2 aliphatic heterocycles. The van der Waals surface area contributed by atoms with Gasteiger partial charge in [0.2, 0.25) is 5.91 Å². The molecule has 3 rings (SSSR count). The molecule has 2 heterocycles. The lowest BCUT2D eigenvalue weighted by Crippen LogP contribution is -2.39. The van der Waals surface area contributed by atoms with E-state index in [1.54, 1.807) is 0 Å². The Balaban J connectivity index is 1.70. The van der Waals surface area contributed by atoms with Gasteiger partial charge in [-0.05, 0) is 18.4 Å². The zero-order chi connectivity index (χ0) is 19.4. The van der Waals surface area contributed by atoms with Gasteiger partial charge < -0.3 is 10.0 Å². The van der Waals surface area contributed by atoms with Crippen molar-refractivity contribution in [2.75, 3.05) is 18.1 Å². The Morgan fingerprint density at radius 3 is 2.63 bits per heavy atom. The number of fused-ring (bicyclic) bond motifs is 1. The van der Waals surface area contributed by atoms with E-state index in [2.05, 4.69) is 4.99 Å². The number of carboxylic acid groups (broad SMARTS) is 1. The minimum atomic E-state index is -3.06. The highest BCUT2D eigenvalue weighted by atomic mass is 32.2. The van der Waals surface area contributed by atoms with Crippen LogP contribution in [-0.4, -0.2) is 64.8 Å². The second-order valence-electron chi connectivity index (χ2n) is 6.76. The number of thioether (sulfide) groups is 1. The average molecular weight is 411 g/mol. The molecule has 9 heteroatoms. The van der Waals surface area contributed by atoms with Crippen LogP contribution in [0, 0.1) is 0 Å². The summed E-state index contributed by atoms with van der Waals surface area (Å²) in [5.41, 5.74) is 1.14. The molecule has 146 valence electrons. The molecule has 2 saturated heterocycles. The topological polar surface area (TPSA) is 104 Å². The van der Waals surface area contributed by atoms with Gasteiger partial charge in [-0.15, -0.1) is 0 Å². The lowest BCUT2D eigenvalue weighted by Gasteiger charge is -2.24. The Bertz CT molecular complexity index is 839. The molecule has 27 heavy (non-hydrogen) atoms. The number of carbonyl (C=O) groups excluding carboxylic acids is 1. The smallest absolute Gasteiger partial charge is 0.303 e. The van der Waals surface area contributed by atoms with Gasteiger partial charge in [-0.25, -0.2) is 8.42 Å². The number of hydrogen-bond donors (Lipinski definition) is 1. The van der Waals surface area contributed by atoms with Gasteiger partial charge in [0, 0.05) is 24.6 Å². The Hall–Kier alpha value is -1.87. The number of aliphatic imine (C=N–C) groups is 1. The number of carbonyl (C=O) groups is 2. The van der Waals surface area contributed by atoms with Crippen molar-refractivity contribution < 1.29 is 23.1 Å². The zero-order valence-electron chi connectivity index (χ0n) is 14.8. The molecule has 1 aromatic carbocycles. The summed E-state index contributed by atoms with van der Waals surface area (Å²) in [6.45, 7) is 0.592. The van der Waals surface area contributed by atoms with Gasteiger partial charge in [-0.1, -0.05) is 42.1 Å². The Morgan fingerprint density at radius 1 is 1.19 bits per heavy atom. The number of benzene rings is 1. The van der Waals surface area contributed by atoms with E-state index >= 15 is 0 Å². The summed E-state index contributed by atoms with van der Waals surface area (Å²) in [6.07, 6.45) is 0.999. The third-order valence-corrected chi connectivity index (χ3v) is 7.91. The van der Waals surface area contributed by atoms with Crippen molar-refractivity contribution in [3.05, 3.63) is 35.9 Å². The normalized spacial score (nSPS) is 24.9. The quantitative estimate of drug-likeness (QED) is 0.728. The van der Waals surface area contributed by atoms with E-state index in [9.17, 15) is 18.0 Å². The van der Waals surface area contributed by atoms with Crippen molar-refractivity contribution in [2.24, 2.45) is 4.99 Å². The highest BCUT2D eigenvalue weighted by Gasteiger charge is 2.48. The van der Waals surface area contributed by atoms with E-state index in [0.29, 0.717) is 11.7 Å². The third kappa shape index (κ3) is 5.32. The van der Waals surface area contributed by atoms with Crippen molar-refractivity contribution >= 4 is 38.6 Å². The molecule has 2 aliphatic rings. The molecule has 0 spiro atoms. The molecule has 0 aromatic heterocycles. The molecule has 2 fully saturated rings. The number of amides is 1. The summed E-state index contributed by atoms with van der Waals surface area (Å²) < 4.78 is 24.0. The van der Waals surface area contributed by atoms with Crippen LogP contribution in [0.5, 0.6) is 0 Å². The average Bonchev–Trinajstić information content (AvgIpc) is 3.04. The van der Waals surface area contributed by atoms with Crippen LogP contribution in [0.1, 0.15) is 24.8 Å². The van der Waals surface area contributed by atoms with Crippen LogP contribution in [-0.2, 0) is 25.8 Å². The van der Waals surface area contributed by atoms with Gasteiger partial charge in [-0.3, -0.25) is 9.59 Å². The maximum Gasteiger partial charge on any atom is 0.303 e. The largest absolute Gasteiger partial charge is 0.481 e. The fraction of sp³-hybridized carbons (Fsp3) is 0.500. The van der Waals surface area contributed by atoms with Gasteiger partial charge in [-0.2, -0.15) is 4.99 Å². The molecule has 0 aliphatic carbocycles. The van der Waals surface area contributed by atoms with Gasteiger partial charge in [0.1, 0.15) is 0 Å². The summed E-state index contributed by atoms with van der Waals surface area (Å²) in [5.74, 6) is -1.09. The summed E-state index contributed by atoms with van der Waals surface area (Å²) in [4.78, 5) is 28.8. The number of rotatable bonds is 7. The monoisotopic (exact) mass is 410 g/mol. The Labute approximate surface area is 162 Å². The second kappa shape index (κ2) is 8.43. The van der Waals surface area contributed by atoms with Gasteiger partial charge in [0.25, 0.3) is 0 Å². The Kier molecular flexibility index (Phi) is 6.21. The summed E-state index contributed by atoms with van der Waals surface area (Å²) >= 11 is 1.35. The van der Waals surface area contributed by atoms with Crippen LogP contribution in [0.3, 0.4) is 0 Å². The van der Waals surface area contributed by atoms with Gasteiger partial charge in [0.05, 0.1) is 17.5 Å². The predicted molar refractivity (Wildman–Crippen MR) is 105 cm³/mol. The zero-order valence-corrected chi connectivity index (χ0v) is 16.4. The molecule has 1 aromatic rings. The van der Waals surface area contributed by atoms with Gasteiger partial charge >= 0.3 is 5.97 Å². The molecule has 1 N–H and O–H groups in total. The number of carboxylic acids is 1. The molecular weight excluding hydrogens is 388 g/mol. The number of aliphatic carboxylic acids is 1. The van der Waals surface area contributed by atoms with E-state index in [1.165, 1.54) is 11.8 Å². The first-order valence-corrected chi connectivity index (χ1v) is 11.5. The van der Waals surface area contributed by atoms with E-state index in [-0.39, 0.29) is 48.0 Å². The van der Waals surface area contributed by atoms with Crippen molar-refractivity contribution in [1.29, 1.82) is 0 Å². The highest BCUT2D eigenvalue weighted by Crippen LogP contribution is 2.38. The summed E-state index contributed by atoms with van der Waals surface area (Å²) in [7, 11) is -3.06. The predicted octanol–water partition coefficient (Wildman–Crippen LogP) is 1.58. The lowest BCUT2D eigenvalue weighted by atomic mass is 10.1. The van der Waals surface area contributed by atoms with E-state index in [0.717, 1.165) is 12.0 Å². The summed E-state index contributed by atoms with van der Waals surface area (Å²) in [6, 6.07) is 9.72. The first-order chi connectivity index (χ1) is 12.8. The molecule has 2 unspecified atom stereocenters. The minimum Gasteiger partial charge on any atom is -0.481 e. The van der Waals surface area contributed by atoms with Crippen LogP contribution in [0.4, 0.5) is 0 Å². The van der Waals surface area contributed by atoms with Crippen molar-refractivity contribution in [2.45, 2.75) is 37.0 Å². The molecule has 7 nitrogen and oxygen atoms in total. The second-order valence-corrected chi connectivity index (χ2v) is 10.1. The highest BCUT2D eigenvalue weighted by molar-refractivity contribution is 8.15. The maximum atomic E-state index is 12.1. The summed E-state index contributed by atoms with van der Waals surface area (Å²) in [5, 5.41) is 9.14. The molecule has 0 radical (unpaired) electrons. The van der Waals surface area contributed by atoms with Crippen molar-refractivity contribution in [3.63, 3.8) is 0 Å². The fourth-order valence-electron chi connectivity index (χ4n) is 3.34. The van der Waals surface area contributed by atoms with E-state index in [4.69, 9.17) is 5.11 Å². The first kappa shape index (κ1) is 19.9. The third-order valence-electron chi connectivity index (χ3n) is 4.66. The van der Waals surface area contributed by atoms with E-state index < -0.39 is 15.8 Å². The van der Waals surface area contributed by atoms with Crippen LogP contribution in [0.2, 0.25) is 0 Å². The number of hydrogen-bond acceptors (Lipinski definition) is 5. The van der Waals surface area contributed by atoms with E-state index in [1.807, 2.05) is 35.2 Å². The number of sulfone groups is 1. The molecule has 0 saturated carbocycles. The molecule has 1 amide bonds. The van der Waals surface area contributed by atoms with Crippen molar-refractivity contribution in [1.82, 2.24) is 4.90 Å². The standard InChI is InChI=1S/C18H22N2O5S2/c21-16(7-4-8-17(22)23)19-18-20(10-9-13-5-2-1-3-6-13)14-11-27(24,25)12-15(14)26-18/h1-3,5-6,14-15H,4,7-12H2,(H,22,23).